The Balaban J connectivity index is 3.47. The first-order valence-electron chi connectivity index (χ1n) is 3.35. The van der Waals surface area contributed by atoms with E-state index in [1.54, 1.807) is 0 Å². The summed E-state index contributed by atoms with van der Waals surface area (Å²) in [5.74, 6) is 0.324. The minimum atomic E-state index is -0.137. The lowest BCUT2D eigenvalue weighted by Gasteiger charge is -2.21. The lowest BCUT2D eigenvalue weighted by molar-refractivity contribution is 0.210. The molecule has 9 heavy (non-hydrogen) atoms. The van der Waals surface area contributed by atoms with Crippen LogP contribution in [0.2, 0.25) is 0 Å². The zero-order valence-electron chi connectivity index (χ0n) is 6.52. The molecule has 0 spiro atoms. The molecule has 0 aliphatic carbocycles. The fraction of sp³-hybridized carbons (Fsp3) is 1.00. The van der Waals surface area contributed by atoms with Crippen LogP contribution in [0, 0.1) is 5.92 Å². The van der Waals surface area contributed by atoms with Crippen LogP contribution in [-0.4, -0.2) is 17.3 Å². The number of hydrogen-bond donors (Lipinski definition) is 2. The fourth-order valence-electron chi connectivity index (χ4n) is 0.963. The summed E-state index contributed by atoms with van der Waals surface area (Å²) < 4.78 is 0. The van der Waals surface area contributed by atoms with Crippen molar-refractivity contribution in [3.05, 3.63) is 0 Å². The zero-order chi connectivity index (χ0) is 7.49. The smallest absolute Gasteiger partial charge is 0.0457 e. The Kier molecular flexibility index (Phi) is 3.15. The first-order chi connectivity index (χ1) is 3.95. The molecular weight excluding hydrogens is 114 g/mol. The largest absolute Gasteiger partial charge is 0.396 e. The second-order valence-corrected chi connectivity index (χ2v) is 3.48. The molecule has 0 aromatic carbocycles. The highest BCUT2D eigenvalue weighted by Crippen LogP contribution is 2.11. The van der Waals surface area contributed by atoms with Crippen LogP contribution in [0.1, 0.15) is 27.2 Å². The molecule has 0 saturated heterocycles. The van der Waals surface area contributed by atoms with E-state index in [1.165, 1.54) is 0 Å². The molecule has 0 aromatic heterocycles. The van der Waals surface area contributed by atoms with Crippen molar-refractivity contribution < 1.29 is 5.11 Å². The van der Waals surface area contributed by atoms with Gasteiger partial charge in [-0.05, 0) is 26.2 Å². The molecule has 0 amide bonds. The van der Waals surface area contributed by atoms with E-state index in [-0.39, 0.29) is 12.1 Å². The van der Waals surface area contributed by atoms with Crippen molar-refractivity contribution in [2.45, 2.75) is 32.7 Å². The van der Waals surface area contributed by atoms with Crippen LogP contribution in [0.4, 0.5) is 0 Å². The lowest BCUT2D eigenvalue weighted by atomic mass is 9.93. The summed E-state index contributed by atoms with van der Waals surface area (Å²) in [5.41, 5.74) is 5.56. The summed E-state index contributed by atoms with van der Waals surface area (Å²) in [7, 11) is 0. The van der Waals surface area contributed by atoms with E-state index >= 15 is 0 Å². The first-order valence-corrected chi connectivity index (χ1v) is 3.35. The minimum Gasteiger partial charge on any atom is -0.396 e. The van der Waals surface area contributed by atoms with E-state index in [0.29, 0.717) is 5.92 Å². The van der Waals surface area contributed by atoms with E-state index in [4.69, 9.17) is 10.8 Å². The summed E-state index contributed by atoms with van der Waals surface area (Å²) in [6.07, 6.45) is 0.878. The van der Waals surface area contributed by atoms with E-state index in [2.05, 4.69) is 0 Å². The molecule has 0 aliphatic heterocycles. The van der Waals surface area contributed by atoms with Crippen molar-refractivity contribution in [1.82, 2.24) is 0 Å². The molecule has 0 aliphatic rings. The highest BCUT2D eigenvalue weighted by Gasteiger charge is 2.14. The normalized spacial score (nSPS) is 15.7. The fourth-order valence-corrected chi connectivity index (χ4v) is 0.963. The van der Waals surface area contributed by atoms with Gasteiger partial charge in [0.2, 0.25) is 0 Å². The third kappa shape index (κ3) is 5.80. The van der Waals surface area contributed by atoms with Gasteiger partial charge in [0.15, 0.2) is 0 Å². The van der Waals surface area contributed by atoms with Gasteiger partial charge in [-0.25, -0.2) is 0 Å². The quantitative estimate of drug-likeness (QED) is 0.593. The highest BCUT2D eigenvalue weighted by molar-refractivity contribution is 4.73. The van der Waals surface area contributed by atoms with Crippen molar-refractivity contribution in [2.24, 2.45) is 11.7 Å². The van der Waals surface area contributed by atoms with Gasteiger partial charge in [0.05, 0.1) is 0 Å². The average Bonchev–Trinajstić information content (AvgIpc) is 1.62. The van der Waals surface area contributed by atoms with Gasteiger partial charge in [-0.1, -0.05) is 6.92 Å². The maximum Gasteiger partial charge on any atom is 0.0457 e. The SMILES string of the molecule is CC(CO)CC(C)(C)N. The molecule has 0 fully saturated rings. The third-order valence-electron chi connectivity index (χ3n) is 1.19. The minimum absolute atomic E-state index is 0.137. The van der Waals surface area contributed by atoms with E-state index in [1.807, 2.05) is 20.8 Å². The van der Waals surface area contributed by atoms with Crippen LogP contribution in [0.5, 0.6) is 0 Å². The molecular formula is C7H17NO. The van der Waals surface area contributed by atoms with Crippen molar-refractivity contribution in [2.75, 3.05) is 6.61 Å². The Morgan fingerprint density at radius 3 is 2.11 bits per heavy atom. The Morgan fingerprint density at radius 2 is 2.00 bits per heavy atom. The van der Waals surface area contributed by atoms with Gasteiger partial charge in [0.25, 0.3) is 0 Å². The van der Waals surface area contributed by atoms with Crippen molar-refractivity contribution in [3.63, 3.8) is 0 Å². The topological polar surface area (TPSA) is 46.2 Å². The molecule has 0 heterocycles. The van der Waals surface area contributed by atoms with Crippen LogP contribution in [-0.2, 0) is 0 Å². The van der Waals surface area contributed by atoms with Gasteiger partial charge in [-0.15, -0.1) is 0 Å². The predicted molar refractivity (Wildman–Crippen MR) is 39.1 cm³/mol. The predicted octanol–water partition coefficient (Wildman–Crippen LogP) is 0.742. The number of nitrogens with two attached hydrogens (primary N) is 1. The van der Waals surface area contributed by atoms with Crippen LogP contribution < -0.4 is 5.73 Å². The summed E-state index contributed by atoms with van der Waals surface area (Å²) >= 11 is 0. The highest BCUT2D eigenvalue weighted by atomic mass is 16.3. The van der Waals surface area contributed by atoms with Crippen molar-refractivity contribution >= 4 is 0 Å². The third-order valence-corrected chi connectivity index (χ3v) is 1.19. The number of aliphatic hydroxyl groups excluding tert-OH is 1. The second-order valence-electron chi connectivity index (χ2n) is 3.48. The maximum absolute atomic E-state index is 8.64. The van der Waals surface area contributed by atoms with Gasteiger partial charge in [0.1, 0.15) is 0 Å². The average molecular weight is 131 g/mol. The Bertz CT molecular complexity index is 75.5. The second kappa shape index (κ2) is 3.18. The van der Waals surface area contributed by atoms with Crippen LogP contribution in [0.15, 0.2) is 0 Å². The lowest BCUT2D eigenvalue weighted by Crippen LogP contribution is -2.34. The van der Waals surface area contributed by atoms with E-state index < -0.39 is 0 Å². The molecule has 1 unspecified atom stereocenters. The van der Waals surface area contributed by atoms with Gasteiger partial charge in [-0.3, -0.25) is 0 Å². The monoisotopic (exact) mass is 131 g/mol. The van der Waals surface area contributed by atoms with Crippen LogP contribution in [0.3, 0.4) is 0 Å². The molecule has 3 N–H and O–H groups in total. The van der Waals surface area contributed by atoms with Crippen molar-refractivity contribution in [3.8, 4) is 0 Å². The van der Waals surface area contributed by atoms with E-state index in [9.17, 15) is 0 Å². The molecule has 0 aromatic rings. The molecule has 2 heteroatoms. The van der Waals surface area contributed by atoms with Gasteiger partial charge in [-0.2, -0.15) is 0 Å². The molecule has 56 valence electrons. The van der Waals surface area contributed by atoms with Gasteiger partial charge >= 0.3 is 0 Å². The molecule has 1 atom stereocenters. The molecule has 0 rings (SSSR count). The zero-order valence-corrected chi connectivity index (χ0v) is 6.52. The maximum atomic E-state index is 8.64. The van der Waals surface area contributed by atoms with Crippen LogP contribution >= 0.6 is 0 Å². The summed E-state index contributed by atoms with van der Waals surface area (Å²) in [6, 6.07) is 0. The van der Waals surface area contributed by atoms with Crippen molar-refractivity contribution in [1.29, 1.82) is 0 Å². The van der Waals surface area contributed by atoms with Gasteiger partial charge < -0.3 is 10.8 Å². The first kappa shape index (κ1) is 8.92. The number of rotatable bonds is 3. The molecule has 0 radical (unpaired) electrons. The standard InChI is InChI=1S/C7H17NO/c1-6(5-9)4-7(2,3)8/h6,9H,4-5,8H2,1-3H3. The molecule has 0 bridgehead atoms. The summed E-state index contributed by atoms with van der Waals surface area (Å²) in [6.45, 7) is 6.17. The van der Waals surface area contributed by atoms with E-state index in [0.717, 1.165) is 6.42 Å². The Labute approximate surface area is 57.1 Å². The summed E-state index contributed by atoms with van der Waals surface area (Å²) in [4.78, 5) is 0. The number of hydrogen-bond acceptors (Lipinski definition) is 2. The molecule has 0 saturated carbocycles. The Morgan fingerprint density at radius 1 is 1.56 bits per heavy atom. The van der Waals surface area contributed by atoms with Gasteiger partial charge in [0, 0.05) is 12.1 Å². The van der Waals surface area contributed by atoms with Crippen LogP contribution in [0.25, 0.3) is 0 Å². The summed E-state index contributed by atoms with van der Waals surface area (Å²) in [5, 5.41) is 8.64. The Hall–Kier alpha value is -0.0800. The number of aliphatic hydroxyl groups is 1. The molecule has 2 nitrogen and oxygen atoms in total.